The fourth-order valence-electron chi connectivity index (χ4n) is 2.01. The number of aromatic carboxylic acids is 1. The highest BCUT2D eigenvalue weighted by atomic mass is 16.5. The molecular weight excluding hydrogens is 222 g/mol. The van der Waals surface area contributed by atoms with Gasteiger partial charge in [0.15, 0.2) is 0 Å². The smallest absolute Gasteiger partial charge is 0.335 e. The van der Waals surface area contributed by atoms with Gasteiger partial charge in [-0.3, -0.25) is 0 Å². The van der Waals surface area contributed by atoms with E-state index >= 15 is 0 Å². The van der Waals surface area contributed by atoms with Gasteiger partial charge < -0.3 is 19.8 Å². The molecule has 1 aromatic carbocycles. The monoisotopic (exact) mass is 237 g/mol. The van der Waals surface area contributed by atoms with Crippen LogP contribution in [-0.2, 0) is 4.74 Å². The Kier molecular flexibility index (Phi) is 3.31. The number of anilines is 1. The van der Waals surface area contributed by atoms with Crippen LogP contribution in [0.15, 0.2) is 24.3 Å². The zero-order chi connectivity index (χ0) is 12.4. The van der Waals surface area contributed by atoms with Crippen molar-refractivity contribution >= 4 is 11.7 Å². The zero-order valence-electron chi connectivity index (χ0n) is 9.54. The normalized spacial score (nSPS) is 24.0. The molecule has 17 heavy (non-hydrogen) atoms. The lowest BCUT2D eigenvalue weighted by Gasteiger charge is -2.17. The third kappa shape index (κ3) is 2.40. The average Bonchev–Trinajstić information content (AvgIpc) is 2.70. The number of carboxylic acids is 1. The molecule has 2 rings (SSSR count). The molecule has 0 bridgehead atoms. The van der Waals surface area contributed by atoms with E-state index in [9.17, 15) is 9.90 Å². The number of carboxylic acid groups (broad SMARTS) is 1. The van der Waals surface area contributed by atoms with Crippen LogP contribution in [-0.4, -0.2) is 48.6 Å². The molecule has 1 aliphatic heterocycles. The molecular formula is C12H15NO4. The highest BCUT2D eigenvalue weighted by molar-refractivity contribution is 5.88. The van der Waals surface area contributed by atoms with E-state index < -0.39 is 12.1 Å². The molecule has 0 unspecified atom stereocenters. The van der Waals surface area contributed by atoms with E-state index in [1.165, 1.54) is 0 Å². The number of hydrogen-bond donors (Lipinski definition) is 2. The van der Waals surface area contributed by atoms with Crippen LogP contribution < -0.4 is 4.90 Å². The maximum absolute atomic E-state index is 10.7. The van der Waals surface area contributed by atoms with Crippen LogP contribution in [0.25, 0.3) is 0 Å². The van der Waals surface area contributed by atoms with E-state index in [0.717, 1.165) is 5.69 Å². The van der Waals surface area contributed by atoms with Gasteiger partial charge in [0, 0.05) is 25.9 Å². The summed E-state index contributed by atoms with van der Waals surface area (Å²) in [4.78, 5) is 12.7. The van der Waals surface area contributed by atoms with Crippen molar-refractivity contribution in [1.82, 2.24) is 0 Å². The first-order valence-electron chi connectivity index (χ1n) is 5.41. The minimum absolute atomic E-state index is 0.186. The molecule has 5 heteroatoms. The lowest BCUT2D eigenvalue weighted by atomic mass is 10.2. The second-order valence-corrected chi connectivity index (χ2v) is 4.10. The fourth-order valence-corrected chi connectivity index (χ4v) is 2.01. The molecule has 1 fully saturated rings. The number of aliphatic hydroxyl groups excluding tert-OH is 1. The third-order valence-electron chi connectivity index (χ3n) is 3.02. The predicted molar refractivity (Wildman–Crippen MR) is 62.4 cm³/mol. The molecule has 0 saturated carbocycles. The fraction of sp³-hybridized carbons (Fsp3) is 0.417. The molecule has 92 valence electrons. The Morgan fingerprint density at radius 3 is 2.47 bits per heavy atom. The molecule has 1 heterocycles. The summed E-state index contributed by atoms with van der Waals surface area (Å²) in [6.45, 7) is 1.12. The van der Waals surface area contributed by atoms with E-state index in [4.69, 9.17) is 9.84 Å². The first-order chi connectivity index (χ1) is 8.11. The van der Waals surface area contributed by atoms with Crippen molar-refractivity contribution in [3.63, 3.8) is 0 Å². The van der Waals surface area contributed by atoms with Crippen LogP contribution in [0.2, 0.25) is 0 Å². The summed E-state index contributed by atoms with van der Waals surface area (Å²) >= 11 is 0. The molecule has 2 N–H and O–H groups in total. The highest BCUT2D eigenvalue weighted by Gasteiger charge is 2.31. The molecule has 2 atom stereocenters. The van der Waals surface area contributed by atoms with Gasteiger partial charge in [-0.2, -0.15) is 0 Å². The van der Waals surface area contributed by atoms with Gasteiger partial charge in [-0.1, -0.05) is 0 Å². The maximum Gasteiger partial charge on any atom is 0.335 e. The van der Waals surface area contributed by atoms with Crippen LogP contribution in [0.3, 0.4) is 0 Å². The first kappa shape index (κ1) is 11.9. The van der Waals surface area contributed by atoms with Crippen molar-refractivity contribution in [2.24, 2.45) is 0 Å². The van der Waals surface area contributed by atoms with Crippen LogP contribution in [0.1, 0.15) is 10.4 Å². The van der Waals surface area contributed by atoms with Crippen LogP contribution in [0.4, 0.5) is 5.69 Å². The molecule has 0 aliphatic carbocycles. The Hall–Kier alpha value is -1.59. The number of carbonyl (C=O) groups is 1. The van der Waals surface area contributed by atoms with E-state index in [1.54, 1.807) is 31.4 Å². The Labute approximate surface area is 99.2 Å². The molecule has 0 radical (unpaired) electrons. The quantitative estimate of drug-likeness (QED) is 0.804. The summed E-state index contributed by atoms with van der Waals surface area (Å²) in [6, 6.07) is 6.61. The number of ether oxygens (including phenoxy) is 1. The number of hydrogen-bond acceptors (Lipinski definition) is 4. The topological polar surface area (TPSA) is 70.0 Å². The summed E-state index contributed by atoms with van der Waals surface area (Å²) in [7, 11) is 1.57. The van der Waals surface area contributed by atoms with Crippen molar-refractivity contribution < 1.29 is 19.7 Å². The van der Waals surface area contributed by atoms with Crippen LogP contribution in [0.5, 0.6) is 0 Å². The number of benzene rings is 1. The number of β-amino-alcohol motifs (C(OH)–C–C–N with tert-alkyl or cyclic N) is 1. The van der Waals surface area contributed by atoms with E-state index in [2.05, 4.69) is 0 Å². The minimum atomic E-state index is -0.937. The highest BCUT2D eigenvalue weighted by Crippen LogP contribution is 2.22. The number of nitrogens with zero attached hydrogens (tertiary/aromatic N) is 1. The zero-order valence-corrected chi connectivity index (χ0v) is 9.54. The van der Waals surface area contributed by atoms with E-state index in [-0.39, 0.29) is 11.7 Å². The van der Waals surface area contributed by atoms with E-state index in [0.29, 0.717) is 13.1 Å². The van der Waals surface area contributed by atoms with Crippen molar-refractivity contribution in [3.8, 4) is 0 Å². The van der Waals surface area contributed by atoms with Crippen molar-refractivity contribution in [1.29, 1.82) is 0 Å². The Bertz CT molecular complexity index is 403. The lowest BCUT2D eigenvalue weighted by Crippen LogP contribution is -2.25. The minimum Gasteiger partial charge on any atom is -0.478 e. The summed E-state index contributed by atoms with van der Waals surface area (Å²) < 4.78 is 5.15. The molecule has 0 amide bonds. The standard InChI is InChI=1S/C12H15NO4/c1-17-11-7-13(6-10(11)14)9-4-2-8(3-5-9)12(15)16/h2-5,10-11,14H,6-7H2,1H3,(H,15,16)/t10-,11+/m0/s1. The Balaban J connectivity index is 2.11. The number of rotatable bonds is 3. The van der Waals surface area contributed by atoms with Gasteiger partial charge in [0.1, 0.15) is 6.10 Å². The Morgan fingerprint density at radius 1 is 1.35 bits per heavy atom. The summed E-state index contributed by atoms with van der Waals surface area (Å²) in [5, 5.41) is 18.5. The van der Waals surface area contributed by atoms with Crippen molar-refractivity contribution in [3.05, 3.63) is 29.8 Å². The summed E-state index contributed by atoms with van der Waals surface area (Å²) in [5.74, 6) is -0.937. The maximum atomic E-state index is 10.7. The van der Waals surface area contributed by atoms with Crippen LogP contribution in [0, 0.1) is 0 Å². The van der Waals surface area contributed by atoms with Gasteiger partial charge in [0.05, 0.1) is 11.7 Å². The molecule has 0 spiro atoms. The summed E-state index contributed by atoms with van der Waals surface area (Å²) in [6.07, 6.45) is -0.687. The third-order valence-corrected chi connectivity index (χ3v) is 3.02. The van der Waals surface area contributed by atoms with Gasteiger partial charge in [0.25, 0.3) is 0 Å². The lowest BCUT2D eigenvalue weighted by molar-refractivity contribution is 0.0217. The molecule has 1 aromatic rings. The van der Waals surface area contributed by atoms with E-state index in [1.807, 2.05) is 4.90 Å². The molecule has 1 aliphatic rings. The largest absolute Gasteiger partial charge is 0.478 e. The predicted octanol–water partition coefficient (Wildman–Crippen LogP) is 0.581. The van der Waals surface area contributed by atoms with Gasteiger partial charge in [-0.05, 0) is 24.3 Å². The first-order valence-corrected chi connectivity index (χ1v) is 5.41. The number of aliphatic hydroxyl groups is 1. The molecule has 0 aromatic heterocycles. The SMILES string of the molecule is CO[C@@H]1CN(c2ccc(C(=O)O)cc2)C[C@@H]1O. The van der Waals surface area contributed by atoms with Crippen LogP contribution >= 0.6 is 0 Å². The van der Waals surface area contributed by atoms with Crippen molar-refractivity contribution in [2.75, 3.05) is 25.1 Å². The second-order valence-electron chi connectivity index (χ2n) is 4.10. The second kappa shape index (κ2) is 4.73. The van der Waals surface area contributed by atoms with Gasteiger partial charge in [-0.15, -0.1) is 0 Å². The Morgan fingerprint density at radius 2 is 2.00 bits per heavy atom. The molecule has 1 saturated heterocycles. The van der Waals surface area contributed by atoms with Crippen molar-refractivity contribution in [2.45, 2.75) is 12.2 Å². The molecule has 5 nitrogen and oxygen atoms in total. The van der Waals surface area contributed by atoms with Gasteiger partial charge in [0.2, 0.25) is 0 Å². The average molecular weight is 237 g/mol. The van der Waals surface area contributed by atoms with Gasteiger partial charge >= 0.3 is 5.97 Å². The van der Waals surface area contributed by atoms with Gasteiger partial charge in [-0.25, -0.2) is 4.79 Å². The number of methoxy groups -OCH3 is 1. The summed E-state index contributed by atoms with van der Waals surface area (Å²) in [5.41, 5.74) is 1.16.